The van der Waals surface area contributed by atoms with E-state index in [1.54, 1.807) is 0 Å². The van der Waals surface area contributed by atoms with Crippen molar-refractivity contribution in [3.63, 3.8) is 0 Å². The van der Waals surface area contributed by atoms with E-state index in [9.17, 15) is 0 Å². The summed E-state index contributed by atoms with van der Waals surface area (Å²) >= 11 is 0. The fourth-order valence-electron chi connectivity index (χ4n) is 9.59. The second-order valence-electron chi connectivity index (χ2n) is 16.4. The molecule has 0 aliphatic carbocycles. The lowest BCUT2D eigenvalue weighted by atomic mass is 9.77. The van der Waals surface area contributed by atoms with E-state index in [0.717, 1.165) is 64.7 Å². The molecule has 6 heterocycles. The highest BCUT2D eigenvalue weighted by atomic mass is 16.3. The Morgan fingerprint density at radius 1 is 0.815 bits per heavy atom. The number of aromatic nitrogens is 3. The molecule has 0 saturated carbocycles. The number of allylic oxidation sites excluding steroid dienone is 1. The van der Waals surface area contributed by atoms with Gasteiger partial charge in [0.1, 0.15) is 0 Å². The van der Waals surface area contributed by atoms with Crippen LogP contribution in [0.4, 0.5) is 0 Å². The first kappa shape index (κ1) is 34.4. The van der Waals surface area contributed by atoms with E-state index in [1.807, 2.05) is 0 Å². The Morgan fingerprint density at radius 3 is 2.33 bits per heavy atom. The molecule has 4 nitrogen and oxygen atoms in total. The van der Waals surface area contributed by atoms with Crippen molar-refractivity contribution >= 4 is 27.8 Å². The largest absolute Gasteiger partial charge is 0.437 e. The molecular weight excluding hydrogens is 659 g/mol. The van der Waals surface area contributed by atoms with Crippen LogP contribution in [-0.2, 0) is 12.8 Å². The average molecular weight is 710 g/mol. The summed E-state index contributed by atoms with van der Waals surface area (Å²) in [6.07, 6.45) is 8.43. The minimum Gasteiger partial charge on any atom is -0.437 e. The van der Waals surface area contributed by atoms with Gasteiger partial charge in [-0.15, -0.1) is 0 Å². The first-order valence-corrected chi connectivity index (χ1v) is 20.0. The third-order valence-electron chi connectivity index (χ3n) is 12.3. The molecule has 2 unspecified atom stereocenters. The minimum absolute atomic E-state index is 0.282. The lowest BCUT2D eigenvalue weighted by Crippen LogP contribution is -2.49. The van der Waals surface area contributed by atoms with Gasteiger partial charge in [-0.2, -0.15) is 9.13 Å². The molecule has 7 aromatic rings. The highest BCUT2D eigenvalue weighted by molar-refractivity contribution is 6.09. The average Bonchev–Trinajstić information content (AvgIpc) is 3.54. The number of hydrogen-bond acceptors (Lipinski definition) is 2. The van der Waals surface area contributed by atoms with Crippen molar-refractivity contribution in [3.8, 4) is 33.8 Å². The number of benzene rings is 3. The van der Waals surface area contributed by atoms with E-state index in [-0.39, 0.29) is 6.04 Å². The van der Waals surface area contributed by atoms with E-state index in [2.05, 4.69) is 155 Å². The summed E-state index contributed by atoms with van der Waals surface area (Å²) in [5.74, 6) is 1.05. The third-order valence-corrected chi connectivity index (χ3v) is 12.3. The van der Waals surface area contributed by atoms with Crippen LogP contribution in [0.15, 0.2) is 108 Å². The van der Waals surface area contributed by atoms with Crippen LogP contribution < -0.4 is 9.13 Å². The molecule has 0 bridgehead atoms. The van der Waals surface area contributed by atoms with Gasteiger partial charge in [0.15, 0.2) is 29.7 Å². The van der Waals surface area contributed by atoms with Crippen LogP contribution in [0.25, 0.3) is 61.5 Å². The number of hydrogen-bond donors (Lipinski definition) is 0. The number of fused-ring (bicyclic) bond motifs is 13. The van der Waals surface area contributed by atoms with E-state index in [1.165, 1.54) is 55.8 Å². The van der Waals surface area contributed by atoms with Crippen molar-refractivity contribution in [3.05, 3.63) is 143 Å². The second kappa shape index (κ2) is 13.2. The van der Waals surface area contributed by atoms with Gasteiger partial charge in [-0.3, -0.25) is 0 Å². The summed E-state index contributed by atoms with van der Waals surface area (Å²) in [4.78, 5) is 5.33. The van der Waals surface area contributed by atoms with Gasteiger partial charge < -0.3 is 4.42 Å². The fraction of sp³-hybridized carbons (Fsp3) is 0.300. The number of rotatable bonds is 4. The molecule has 4 aromatic heterocycles. The zero-order valence-electron chi connectivity index (χ0n) is 32.8. The van der Waals surface area contributed by atoms with E-state index < -0.39 is 0 Å². The zero-order chi connectivity index (χ0) is 37.4. The summed E-state index contributed by atoms with van der Waals surface area (Å²) in [6.45, 7) is 20.6. The first-order valence-electron chi connectivity index (χ1n) is 20.0. The summed E-state index contributed by atoms with van der Waals surface area (Å²) in [5.41, 5.74) is 19.2. The predicted molar refractivity (Wildman–Crippen MR) is 222 cm³/mol. The predicted octanol–water partition coefficient (Wildman–Crippen LogP) is 12.1. The SMILES string of the molecule is C=C1CC2c3ccccc3-c3ccc(C)c[n+]3C2CCc2ccc3c(oc4nc(-c5c(C(C)C)cccc5C(C)C)ccc43)c2-c2cc(CC)c(C)c[n+]21. The topological polar surface area (TPSA) is 33.8 Å². The lowest BCUT2D eigenvalue weighted by molar-refractivity contribution is -0.719. The zero-order valence-corrected chi connectivity index (χ0v) is 32.8. The van der Waals surface area contributed by atoms with Gasteiger partial charge in [-0.05, 0) is 97.2 Å². The highest BCUT2D eigenvalue weighted by Gasteiger charge is 2.42. The molecule has 3 aromatic carbocycles. The molecule has 2 aliphatic rings. The smallest absolute Gasteiger partial charge is 0.227 e. The fourth-order valence-corrected chi connectivity index (χ4v) is 9.59. The van der Waals surface area contributed by atoms with Crippen molar-refractivity contribution in [1.29, 1.82) is 0 Å². The van der Waals surface area contributed by atoms with Gasteiger partial charge in [0, 0.05) is 58.0 Å². The molecule has 0 spiro atoms. The molecule has 270 valence electrons. The molecule has 2 atom stereocenters. The standard InChI is InChI=1S/C50H51N3O/c1-9-34-26-46-47-35(18-20-40-41-21-22-43(51-50(41)54-49(40)47)48-36(29(2)3)15-12-16-37(48)30(4)5)19-24-45-42(25-33(8)52(46)28-32(34)7)38-13-10-11-14-39(38)44-23-17-31(6)27-53(44)45/h10-18,20-23,26-30,42,45H,8-9,19,24-25H2,1-7H3/q+2. The first-order chi connectivity index (χ1) is 26.1. The van der Waals surface area contributed by atoms with Crippen LogP contribution in [-0.4, -0.2) is 4.98 Å². The van der Waals surface area contributed by atoms with E-state index in [0.29, 0.717) is 23.5 Å². The maximum Gasteiger partial charge on any atom is 0.227 e. The Hall–Kier alpha value is -5.35. The monoisotopic (exact) mass is 709 g/mol. The molecule has 4 heteroatoms. The Labute approximate surface area is 319 Å². The number of aryl methyl sites for hydroxylation is 4. The molecule has 0 fully saturated rings. The van der Waals surface area contributed by atoms with Gasteiger partial charge in [-0.1, -0.05) is 83.1 Å². The van der Waals surface area contributed by atoms with E-state index in [4.69, 9.17) is 16.0 Å². The molecule has 0 N–H and O–H groups in total. The normalized spacial score (nSPS) is 16.6. The maximum atomic E-state index is 7.04. The summed E-state index contributed by atoms with van der Waals surface area (Å²) in [6, 6.07) is 32.1. The van der Waals surface area contributed by atoms with Crippen molar-refractivity contribution in [2.24, 2.45) is 0 Å². The maximum absolute atomic E-state index is 7.04. The molecule has 0 amide bonds. The van der Waals surface area contributed by atoms with Gasteiger partial charge in [0.2, 0.25) is 17.1 Å². The van der Waals surface area contributed by atoms with Gasteiger partial charge in [0.05, 0.1) is 17.2 Å². The lowest BCUT2D eigenvalue weighted by Gasteiger charge is -2.31. The van der Waals surface area contributed by atoms with Crippen LogP contribution in [0.3, 0.4) is 0 Å². The van der Waals surface area contributed by atoms with Gasteiger partial charge in [0.25, 0.3) is 0 Å². The third kappa shape index (κ3) is 5.44. The molecule has 54 heavy (non-hydrogen) atoms. The number of nitrogens with zero attached hydrogens (tertiary/aromatic N) is 3. The van der Waals surface area contributed by atoms with Gasteiger partial charge in [-0.25, -0.2) is 4.98 Å². The van der Waals surface area contributed by atoms with Crippen LogP contribution in [0.5, 0.6) is 0 Å². The molecule has 2 aliphatic heterocycles. The second-order valence-corrected chi connectivity index (χ2v) is 16.4. The summed E-state index contributed by atoms with van der Waals surface area (Å²) in [7, 11) is 0. The highest BCUT2D eigenvalue weighted by Crippen LogP contribution is 2.46. The molecule has 9 rings (SSSR count). The Morgan fingerprint density at radius 2 is 1.57 bits per heavy atom. The number of furan rings is 1. The molecule has 0 saturated heterocycles. The Balaban J connectivity index is 1.28. The van der Waals surface area contributed by atoms with Crippen molar-refractivity contribution in [2.75, 3.05) is 0 Å². The Kier molecular flexibility index (Phi) is 8.41. The van der Waals surface area contributed by atoms with E-state index >= 15 is 0 Å². The van der Waals surface area contributed by atoms with Crippen LogP contribution >= 0.6 is 0 Å². The number of pyridine rings is 3. The van der Waals surface area contributed by atoms with Crippen LogP contribution in [0, 0.1) is 13.8 Å². The molecular formula is C50H51N3O+2. The van der Waals surface area contributed by atoms with Crippen molar-refractivity contribution < 1.29 is 13.6 Å². The van der Waals surface area contributed by atoms with Crippen LogP contribution in [0.2, 0.25) is 0 Å². The molecule has 0 radical (unpaired) electrons. The van der Waals surface area contributed by atoms with Crippen LogP contribution in [0.1, 0.15) is 110 Å². The summed E-state index contributed by atoms with van der Waals surface area (Å²) < 4.78 is 12.0. The van der Waals surface area contributed by atoms with Crippen molar-refractivity contribution in [1.82, 2.24) is 4.98 Å². The minimum atomic E-state index is 0.282. The van der Waals surface area contributed by atoms with Crippen molar-refractivity contribution in [2.45, 2.75) is 97.9 Å². The van der Waals surface area contributed by atoms with Gasteiger partial charge >= 0.3 is 0 Å². The Bertz CT molecular complexity index is 2610. The summed E-state index contributed by atoms with van der Waals surface area (Å²) in [5, 5.41) is 2.16. The quantitative estimate of drug-likeness (QED) is 0.171.